The summed E-state index contributed by atoms with van der Waals surface area (Å²) < 4.78 is 38.8. The van der Waals surface area contributed by atoms with Gasteiger partial charge in [-0.2, -0.15) is 0 Å². The third-order valence-electron chi connectivity index (χ3n) is 4.25. The topological polar surface area (TPSA) is 88.1 Å². The van der Waals surface area contributed by atoms with E-state index in [4.69, 9.17) is 0 Å². The number of halogens is 1. The van der Waals surface area contributed by atoms with Crippen LogP contribution in [0.2, 0.25) is 0 Å². The lowest BCUT2D eigenvalue weighted by molar-refractivity contribution is 0.331. The molecule has 7 nitrogen and oxygen atoms in total. The summed E-state index contributed by atoms with van der Waals surface area (Å²) in [7, 11) is -3.16. The van der Waals surface area contributed by atoms with Gasteiger partial charge in [0.2, 0.25) is 16.0 Å². The molecule has 0 atom stereocenters. The van der Waals surface area contributed by atoms with Gasteiger partial charge in [0, 0.05) is 31.2 Å². The maximum atomic E-state index is 14.2. The molecule has 3 heterocycles. The Morgan fingerprint density at radius 3 is 2.54 bits per heavy atom. The minimum absolute atomic E-state index is 0.0546. The zero-order chi connectivity index (χ0) is 18.9. The van der Waals surface area contributed by atoms with Crippen LogP contribution in [0.4, 0.5) is 10.3 Å². The molecule has 26 heavy (non-hydrogen) atoms. The molecule has 0 radical (unpaired) electrons. The van der Waals surface area contributed by atoms with E-state index >= 15 is 0 Å². The molecule has 1 aliphatic rings. The van der Waals surface area contributed by atoms with E-state index in [0.29, 0.717) is 36.8 Å². The standard InChI is InChI=1S/C16H22FN5O2S2/c1-10(2)15-18-9-13(25-15)14-12(17)8-19-16(21-14)20-11-4-6-22(7-5-11)26(3,23)24/h8-11H,4-7H2,1-3H3,(H,19,20,21). The van der Waals surface area contributed by atoms with E-state index in [-0.39, 0.29) is 17.7 Å². The minimum atomic E-state index is -3.16. The molecule has 3 rings (SSSR count). The highest BCUT2D eigenvalue weighted by molar-refractivity contribution is 7.88. The highest BCUT2D eigenvalue weighted by Crippen LogP contribution is 2.30. The van der Waals surface area contributed by atoms with Gasteiger partial charge in [0.05, 0.1) is 22.3 Å². The van der Waals surface area contributed by atoms with Crippen LogP contribution in [0.15, 0.2) is 12.4 Å². The maximum Gasteiger partial charge on any atom is 0.223 e. The van der Waals surface area contributed by atoms with Crippen molar-refractivity contribution < 1.29 is 12.8 Å². The number of rotatable bonds is 5. The van der Waals surface area contributed by atoms with E-state index in [1.165, 1.54) is 21.9 Å². The molecule has 10 heteroatoms. The summed E-state index contributed by atoms with van der Waals surface area (Å²) in [5, 5.41) is 4.12. The van der Waals surface area contributed by atoms with E-state index in [0.717, 1.165) is 11.2 Å². The lowest BCUT2D eigenvalue weighted by atomic mass is 10.1. The van der Waals surface area contributed by atoms with Crippen molar-refractivity contribution in [3.63, 3.8) is 0 Å². The first-order valence-electron chi connectivity index (χ1n) is 8.44. The van der Waals surface area contributed by atoms with Gasteiger partial charge in [0.25, 0.3) is 0 Å². The first kappa shape index (κ1) is 19.1. The van der Waals surface area contributed by atoms with E-state index < -0.39 is 15.8 Å². The first-order chi connectivity index (χ1) is 12.2. The smallest absolute Gasteiger partial charge is 0.223 e. The van der Waals surface area contributed by atoms with Gasteiger partial charge in [-0.15, -0.1) is 11.3 Å². The maximum absolute atomic E-state index is 14.2. The van der Waals surface area contributed by atoms with Crippen LogP contribution in [-0.4, -0.2) is 53.1 Å². The van der Waals surface area contributed by atoms with Crippen molar-refractivity contribution in [2.24, 2.45) is 0 Å². The molecular formula is C16H22FN5O2S2. The number of nitrogens with one attached hydrogen (secondary N) is 1. The summed E-state index contributed by atoms with van der Waals surface area (Å²) in [6.07, 6.45) is 5.32. The lowest BCUT2D eigenvalue weighted by Gasteiger charge is -2.30. The number of nitrogens with zero attached hydrogens (tertiary/aromatic N) is 4. The van der Waals surface area contributed by atoms with Crippen molar-refractivity contribution in [3.05, 3.63) is 23.2 Å². The van der Waals surface area contributed by atoms with Crippen LogP contribution >= 0.6 is 11.3 Å². The fourth-order valence-electron chi connectivity index (χ4n) is 2.79. The third-order valence-corrected chi connectivity index (χ3v) is 6.86. The van der Waals surface area contributed by atoms with E-state index in [1.807, 2.05) is 13.8 Å². The predicted octanol–water partition coefficient (Wildman–Crippen LogP) is 2.70. The third kappa shape index (κ3) is 4.36. The van der Waals surface area contributed by atoms with Crippen LogP contribution in [0.25, 0.3) is 10.6 Å². The molecule has 1 fully saturated rings. The molecule has 1 aliphatic heterocycles. The monoisotopic (exact) mass is 399 g/mol. The van der Waals surface area contributed by atoms with Gasteiger partial charge in [-0.1, -0.05) is 13.8 Å². The molecule has 1 saturated heterocycles. The molecule has 1 N–H and O–H groups in total. The normalized spacial score (nSPS) is 17.0. The number of aromatic nitrogens is 3. The molecule has 0 aliphatic carbocycles. The molecule has 0 aromatic carbocycles. The number of sulfonamides is 1. The van der Waals surface area contributed by atoms with Crippen molar-refractivity contribution in [1.29, 1.82) is 0 Å². The fourth-order valence-corrected chi connectivity index (χ4v) is 4.57. The van der Waals surface area contributed by atoms with Gasteiger partial charge in [0.15, 0.2) is 5.82 Å². The van der Waals surface area contributed by atoms with Gasteiger partial charge >= 0.3 is 0 Å². The van der Waals surface area contributed by atoms with Crippen molar-refractivity contribution >= 4 is 27.3 Å². The Labute approximate surface area is 156 Å². The lowest BCUT2D eigenvalue weighted by Crippen LogP contribution is -2.42. The summed E-state index contributed by atoms with van der Waals surface area (Å²) >= 11 is 1.42. The van der Waals surface area contributed by atoms with Crippen molar-refractivity contribution in [2.45, 2.75) is 38.6 Å². The number of hydrogen-bond donors (Lipinski definition) is 1. The van der Waals surface area contributed by atoms with Crippen LogP contribution in [-0.2, 0) is 10.0 Å². The highest BCUT2D eigenvalue weighted by Gasteiger charge is 2.25. The van der Waals surface area contributed by atoms with Gasteiger partial charge in [-0.25, -0.2) is 32.1 Å². The van der Waals surface area contributed by atoms with Gasteiger partial charge < -0.3 is 5.32 Å². The second-order valence-electron chi connectivity index (χ2n) is 6.69. The molecular weight excluding hydrogens is 377 g/mol. The number of piperidine rings is 1. The molecule has 0 spiro atoms. The zero-order valence-electron chi connectivity index (χ0n) is 14.9. The average Bonchev–Trinajstić information content (AvgIpc) is 3.06. The second kappa shape index (κ2) is 7.53. The molecule has 2 aromatic heterocycles. The minimum Gasteiger partial charge on any atom is -0.351 e. The first-order valence-corrected chi connectivity index (χ1v) is 11.1. The van der Waals surface area contributed by atoms with Gasteiger partial charge in [-0.05, 0) is 12.8 Å². The Morgan fingerprint density at radius 2 is 1.96 bits per heavy atom. The van der Waals surface area contributed by atoms with Crippen molar-refractivity contribution in [2.75, 3.05) is 24.7 Å². The zero-order valence-corrected chi connectivity index (χ0v) is 16.6. The molecule has 2 aromatic rings. The summed E-state index contributed by atoms with van der Waals surface area (Å²) in [5.41, 5.74) is 0.237. The molecule has 0 amide bonds. The quantitative estimate of drug-likeness (QED) is 0.832. The Hall–Kier alpha value is -1.65. The van der Waals surface area contributed by atoms with Crippen LogP contribution in [0.3, 0.4) is 0 Å². The predicted molar refractivity (Wildman–Crippen MR) is 100 cm³/mol. The van der Waals surface area contributed by atoms with Crippen molar-refractivity contribution in [1.82, 2.24) is 19.3 Å². The van der Waals surface area contributed by atoms with Gasteiger partial charge in [0.1, 0.15) is 5.69 Å². The molecule has 0 bridgehead atoms. The largest absolute Gasteiger partial charge is 0.351 e. The highest BCUT2D eigenvalue weighted by atomic mass is 32.2. The van der Waals surface area contributed by atoms with Crippen LogP contribution in [0.5, 0.6) is 0 Å². The number of hydrogen-bond acceptors (Lipinski definition) is 7. The Morgan fingerprint density at radius 1 is 1.27 bits per heavy atom. The molecule has 142 valence electrons. The summed E-state index contributed by atoms with van der Waals surface area (Å²) in [6, 6.07) is 0.0546. The van der Waals surface area contributed by atoms with Gasteiger partial charge in [-0.3, -0.25) is 0 Å². The van der Waals surface area contributed by atoms with E-state index in [9.17, 15) is 12.8 Å². The van der Waals surface area contributed by atoms with E-state index in [1.54, 1.807) is 6.20 Å². The summed E-state index contributed by atoms with van der Waals surface area (Å²) in [6.45, 7) is 4.98. The molecule has 0 unspecified atom stereocenters. The number of anilines is 1. The second-order valence-corrected chi connectivity index (χ2v) is 9.73. The SMILES string of the molecule is CC(C)c1ncc(-c2nc(NC3CCN(S(C)(=O)=O)CC3)ncc2F)s1. The van der Waals surface area contributed by atoms with Crippen molar-refractivity contribution in [3.8, 4) is 10.6 Å². The van der Waals surface area contributed by atoms with Crippen LogP contribution < -0.4 is 5.32 Å². The van der Waals surface area contributed by atoms with Crippen LogP contribution in [0.1, 0.15) is 37.6 Å². The van der Waals surface area contributed by atoms with E-state index in [2.05, 4.69) is 20.3 Å². The summed E-state index contributed by atoms with van der Waals surface area (Å²) in [4.78, 5) is 13.3. The Kier molecular flexibility index (Phi) is 5.54. The fraction of sp³-hybridized carbons (Fsp3) is 0.562. The molecule has 0 saturated carbocycles. The Bertz CT molecular complexity index is 877. The Balaban J connectivity index is 1.72. The number of thiazole rings is 1. The summed E-state index contributed by atoms with van der Waals surface area (Å²) in [5.74, 6) is 0.136. The average molecular weight is 400 g/mol. The van der Waals surface area contributed by atoms with Crippen LogP contribution in [0, 0.1) is 5.82 Å².